The highest BCUT2D eigenvalue weighted by Gasteiger charge is 2.19. The summed E-state index contributed by atoms with van der Waals surface area (Å²) in [7, 11) is 4.44. The fraction of sp³-hybridized carbons (Fsp3) is 0.471. The minimum atomic E-state index is -0.393. The van der Waals surface area contributed by atoms with Crippen molar-refractivity contribution < 1.29 is 28.5 Å². The predicted molar refractivity (Wildman–Crippen MR) is 85.2 cm³/mol. The molecule has 1 rings (SSSR count). The van der Waals surface area contributed by atoms with Gasteiger partial charge < -0.3 is 23.7 Å². The fourth-order valence-corrected chi connectivity index (χ4v) is 1.91. The van der Waals surface area contributed by atoms with Crippen molar-refractivity contribution in [3.63, 3.8) is 0 Å². The standard InChI is InChI=1S/C17H22O6/c1-6-22-12(2)23-11-7-8-14(18)13-9-10-15(19-3)17(21-5)16(13)20-4/h9-10,12H,6,11H2,1-5H3. The lowest BCUT2D eigenvalue weighted by atomic mass is 10.1. The van der Waals surface area contributed by atoms with Crippen LogP contribution in [0.2, 0.25) is 0 Å². The highest BCUT2D eigenvalue weighted by Crippen LogP contribution is 2.39. The maximum Gasteiger partial charge on any atom is 0.239 e. The van der Waals surface area contributed by atoms with Crippen LogP contribution in [0.15, 0.2) is 12.1 Å². The zero-order valence-electron chi connectivity index (χ0n) is 14.1. The SMILES string of the molecule is CCOC(C)OCC#CC(=O)c1ccc(OC)c(OC)c1OC. The summed E-state index contributed by atoms with van der Waals surface area (Å²) in [5.41, 5.74) is 0.301. The van der Waals surface area contributed by atoms with E-state index in [0.717, 1.165) is 0 Å². The third-order valence-electron chi connectivity index (χ3n) is 2.94. The summed E-state index contributed by atoms with van der Waals surface area (Å²) < 4.78 is 26.2. The molecule has 0 aromatic heterocycles. The Hall–Kier alpha value is -2.23. The molecule has 0 aliphatic carbocycles. The van der Waals surface area contributed by atoms with Gasteiger partial charge in [-0.25, -0.2) is 0 Å². The van der Waals surface area contributed by atoms with Crippen LogP contribution in [0.5, 0.6) is 17.2 Å². The van der Waals surface area contributed by atoms with Gasteiger partial charge in [-0.05, 0) is 31.9 Å². The Bertz CT molecular complexity index is 585. The Morgan fingerprint density at radius 3 is 2.35 bits per heavy atom. The molecule has 1 aromatic carbocycles. The fourth-order valence-electron chi connectivity index (χ4n) is 1.91. The van der Waals surface area contributed by atoms with Crippen LogP contribution >= 0.6 is 0 Å². The Kier molecular flexibility index (Phi) is 7.95. The molecule has 1 atom stereocenters. The van der Waals surface area contributed by atoms with E-state index in [1.165, 1.54) is 21.3 Å². The molecule has 0 saturated carbocycles. The van der Waals surface area contributed by atoms with Crippen LogP contribution < -0.4 is 14.2 Å². The number of carbonyl (C=O) groups is 1. The van der Waals surface area contributed by atoms with E-state index in [0.29, 0.717) is 23.7 Å². The molecule has 23 heavy (non-hydrogen) atoms. The number of Topliss-reactive ketones (excluding diaryl/α,β-unsaturated/α-hetero) is 1. The highest BCUT2D eigenvalue weighted by molar-refractivity contribution is 6.11. The summed E-state index contributed by atoms with van der Waals surface area (Å²) in [6.45, 7) is 4.29. The maximum atomic E-state index is 12.2. The van der Waals surface area contributed by atoms with E-state index in [9.17, 15) is 4.79 Å². The number of ketones is 1. The molecule has 0 bridgehead atoms. The average Bonchev–Trinajstić information content (AvgIpc) is 2.57. The molecule has 0 spiro atoms. The Labute approximate surface area is 136 Å². The summed E-state index contributed by atoms with van der Waals surface area (Å²) in [6.07, 6.45) is -0.361. The Balaban J connectivity index is 2.89. The molecule has 126 valence electrons. The number of hydrogen-bond acceptors (Lipinski definition) is 6. The van der Waals surface area contributed by atoms with Crippen LogP contribution in [0.3, 0.4) is 0 Å². The summed E-state index contributed by atoms with van der Waals surface area (Å²) >= 11 is 0. The molecule has 0 saturated heterocycles. The molecular formula is C17H22O6. The lowest BCUT2D eigenvalue weighted by Gasteiger charge is -2.13. The maximum absolute atomic E-state index is 12.2. The normalized spacial score (nSPS) is 11.2. The van der Waals surface area contributed by atoms with Gasteiger partial charge in [-0.2, -0.15) is 0 Å². The van der Waals surface area contributed by atoms with Crippen LogP contribution in [0.25, 0.3) is 0 Å². The number of ether oxygens (including phenoxy) is 5. The lowest BCUT2D eigenvalue weighted by Crippen LogP contribution is -2.12. The van der Waals surface area contributed by atoms with Gasteiger partial charge in [0.2, 0.25) is 11.5 Å². The van der Waals surface area contributed by atoms with Gasteiger partial charge in [0.25, 0.3) is 0 Å². The van der Waals surface area contributed by atoms with Gasteiger partial charge >= 0.3 is 0 Å². The van der Waals surface area contributed by atoms with Crippen LogP contribution in [0.1, 0.15) is 24.2 Å². The molecule has 1 aromatic rings. The van der Waals surface area contributed by atoms with E-state index in [1.807, 2.05) is 6.92 Å². The summed E-state index contributed by atoms with van der Waals surface area (Å²) in [4.78, 5) is 12.2. The average molecular weight is 322 g/mol. The van der Waals surface area contributed by atoms with E-state index in [-0.39, 0.29) is 18.6 Å². The highest BCUT2D eigenvalue weighted by atomic mass is 16.7. The lowest BCUT2D eigenvalue weighted by molar-refractivity contribution is -0.117. The van der Waals surface area contributed by atoms with E-state index >= 15 is 0 Å². The molecule has 0 radical (unpaired) electrons. The zero-order valence-corrected chi connectivity index (χ0v) is 14.1. The monoisotopic (exact) mass is 322 g/mol. The van der Waals surface area contributed by atoms with Gasteiger partial charge in [0.1, 0.15) is 6.61 Å². The smallest absolute Gasteiger partial charge is 0.239 e. The molecule has 6 heteroatoms. The molecule has 1 unspecified atom stereocenters. The van der Waals surface area contributed by atoms with E-state index in [4.69, 9.17) is 23.7 Å². The number of hydrogen-bond donors (Lipinski definition) is 0. The number of benzene rings is 1. The quantitative estimate of drug-likeness (QED) is 0.317. The largest absolute Gasteiger partial charge is 0.493 e. The first kappa shape index (κ1) is 18.8. The van der Waals surface area contributed by atoms with Crippen LogP contribution in [0, 0.1) is 11.8 Å². The molecule has 6 nitrogen and oxygen atoms in total. The van der Waals surface area contributed by atoms with E-state index < -0.39 is 5.78 Å². The summed E-state index contributed by atoms with van der Waals surface area (Å²) in [6, 6.07) is 3.21. The van der Waals surface area contributed by atoms with Gasteiger partial charge in [-0.3, -0.25) is 4.79 Å². The van der Waals surface area contributed by atoms with Crippen molar-refractivity contribution in [1.82, 2.24) is 0 Å². The number of carbonyl (C=O) groups excluding carboxylic acids is 1. The Morgan fingerprint density at radius 2 is 1.78 bits per heavy atom. The molecule has 0 aliphatic heterocycles. The minimum Gasteiger partial charge on any atom is -0.493 e. The van der Waals surface area contributed by atoms with Gasteiger partial charge in [-0.1, -0.05) is 5.92 Å². The molecule has 0 N–H and O–H groups in total. The van der Waals surface area contributed by atoms with Crippen molar-refractivity contribution in [3.05, 3.63) is 17.7 Å². The number of rotatable bonds is 8. The molecular weight excluding hydrogens is 300 g/mol. The molecule has 0 amide bonds. The van der Waals surface area contributed by atoms with Crippen LogP contribution in [-0.2, 0) is 9.47 Å². The van der Waals surface area contributed by atoms with Gasteiger partial charge in [0, 0.05) is 6.61 Å². The van der Waals surface area contributed by atoms with Crippen molar-refractivity contribution in [1.29, 1.82) is 0 Å². The third-order valence-corrected chi connectivity index (χ3v) is 2.94. The van der Waals surface area contributed by atoms with Gasteiger partial charge in [0.15, 0.2) is 17.8 Å². The minimum absolute atomic E-state index is 0.0997. The van der Waals surface area contributed by atoms with Crippen LogP contribution in [-0.4, -0.2) is 46.6 Å². The van der Waals surface area contributed by atoms with Gasteiger partial charge in [0.05, 0.1) is 26.9 Å². The Morgan fingerprint density at radius 1 is 1.09 bits per heavy atom. The first-order valence-electron chi connectivity index (χ1n) is 7.14. The molecule has 0 heterocycles. The predicted octanol–water partition coefficient (Wildman–Crippen LogP) is 2.30. The van der Waals surface area contributed by atoms with Gasteiger partial charge in [-0.15, -0.1) is 0 Å². The summed E-state index contributed by atoms with van der Waals surface area (Å²) in [5.74, 6) is 5.89. The van der Waals surface area contributed by atoms with Crippen molar-refractivity contribution in [3.8, 4) is 29.1 Å². The second kappa shape index (κ2) is 9.72. The third kappa shape index (κ3) is 5.16. The first-order valence-corrected chi connectivity index (χ1v) is 7.14. The van der Waals surface area contributed by atoms with Crippen LogP contribution in [0.4, 0.5) is 0 Å². The summed E-state index contributed by atoms with van der Waals surface area (Å²) in [5, 5.41) is 0. The van der Waals surface area contributed by atoms with Crippen molar-refractivity contribution in [2.24, 2.45) is 0 Å². The number of methoxy groups -OCH3 is 3. The molecule has 0 aliphatic rings. The zero-order chi connectivity index (χ0) is 17.2. The van der Waals surface area contributed by atoms with Crippen molar-refractivity contribution >= 4 is 5.78 Å². The molecule has 0 fully saturated rings. The first-order chi connectivity index (χ1) is 11.1. The van der Waals surface area contributed by atoms with E-state index in [2.05, 4.69) is 11.8 Å². The van der Waals surface area contributed by atoms with Crippen molar-refractivity contribution in [2.45, 2.75) is 20.1 Å². The topological polar surface area (TPSA) is 63.2 Å². The van der Waals surface area contributed by atoms with Crippen molar-refractivity contribution in [2.75, 3.05) is 34.5 Å². The van der Waals surface area contributed by atoms with E-state index in [1.54, 1.807) is 19.1 Å². The second-order valence-electron chi connectivity index (χ2n) is 4.35. The second-order valence-corrected chi connectivity index (χ2v) is 4.35.